The topological polar surface area (TPSA) is 84.8 Å². The van der Waals surface area contributed by atoms with Gasteiger partial charge in [-0.25, -0.2) is 23.4 Å². The van der Waals surface area contributed by atoms with E-state index < -0.39 is 15.1 Å². The first-order chi connectivity index (χ1) is 12.4. The molecule has 2 aromatic carbocycles. The Labute approximate surface area is 154 Å². The summed E-state index contributed by atoms with van der Waals surface area (Å²) in [4.78, 5) is 13.1. The maximum absolute atomic E-state index is 12.5. The smallest absolute Gasteiger partial charge is 0.180 e. The van der Waals surface area contributed by atoms with Crippen molar-refractivity contribution in [2.45, 2.75) is 24.0 Å². The second kappa shape index (κ2) is 6.30. The van der Waals surface area contributed by atoms with Gasteiger partial charge < -0.3 is 5.32 Å². The van der Waals surface area contributed by atoms with E-state index >= 15 is 0 Å². The molecule has 0 radical (unpaired) electrons. The highest BCUT2D eigenvalue weighted by Crippen LogP contribution is 2.28. The van der Waals surface area contributed by atoms with E-state index in [1.165, 1.54) is 6.33 Å². The van der Waals surface area contributed by atoms with Crippen molar-refractivity contribution in [3.05, 3.63) is 48.2 Å². The van der Waals surface area contributed by atoms with Crippen LogP contribution in [-0.2, 0) is 9.84 Å². The molecule has 0 aliphatic heterocycles. The van der Waals surface area contributed by atoms with Crippen LogP contribution in [0.4, 0.5) is 11.5 Å². The molecule has 2 aromatic heterocycles. The molecule has 0 saturated carbocycles. The zero-order valence-electron chi connectivity index (χ0n) is 14.2. The number of rotatable bonds is 4. The van der Waals surface area contributed by atoms with Gasteiger partial charge in [-0.1, -0.05) is 0 Å². The van der Waals surface area contributed by atoms with Crippen LogP contribution in [0.5, 0.6) is 0 Å². The molecule has 8 heteroatoms. The van der Waals surface area contributed by atoms with Crippen molar-refractivity contribution in [2.24, 2.45) is 0 Å². The Morgan fingerprint density at radius 1 is 1.00 bits per heavy atom. The number of benzene rings is 2. The zero-order valence-corrected chi connectivity index (χ0v) is 15.8. The van der Waals surface area contributed by atoms with Gasteiger partial charge in [0, 0.05) is 11.1 Å². The van der Waals surface area contributed by atoms with Crippen LogP contribution >= 0.6 is 11.3 Å². The lowest BCUT2D eigenvalue weighted by Gasteiger charge is -2.11. The molecule has 26 heavy (non-hydrogen) atoms. The van der Waals surface area contributed by atoms with Gasteiger partial charge in [0.25, 0.3) is 0 Å². The molecule has 132 valence electrons. The minimum Gasteiger partial charge on any atom is -0.340 e. The number of hydrogen-bond donors (Lipinski definition) is 1. The van der Waals surface area contributed by atoms with Crippen molar-refractivity contribution >= 4 is 53.8 Å². The maximum Gasteiger partial charge on any atom is 0.180 e. The second-order valence-electron chi connectivity index (χ2n) is 6.15. The van der Waals surface area contributed by atoms with Crippen LogP contribution in [0.3, 0.4) is 0 Å². The first-order valence-electron chi connectivity index (χ1n) is 8.04. The summed E-state index contributed by atoms with van der Waals surface area (Å²) in [5, 5.41) is 3.42. The van der Waals surface area contributed by atoms with E-state index in [0.29, 0.717) is 16.7 Å². The summed E-state index contributed by atoms with van der Waals surface area (Å²) in [6.45, 7) is 3.34. The molecule has 0 aliphatic rings. The minimum atomic E-state index is -3.37. The third-order valence-electron chi connectivity index (χ3n) is 4.15. The van der Waals surface area contributed by atoms with Gasteiger partial charge in [-0.15, -0.1) is 11.3 Å². The molecule has 6 nitrogen and oxygen atoms in total. The zero-order chi connectivity index (χ0) is 18.3. The van der Waals surface area contributed by atoms with Crippen LogP contribution in [0.1, 0.15) is 13.8 Å². The van der Waals surface area contributed by atoms with Gasteiger partial charge in [-0.2, -0.15) is 0 Å². The van der Waals surface area contributed by atoms with Gasteiger partial charge in [-0.3, -0.25) is 0 Å². The van der Waals surface area contributed by atoms with E-state index in [-0.39, 0.29) is 4.90 Å². The molecule has 0 aliphatic carbocycles. The number of hydrogen-bond acceptors (Lipinski definition) is 7. The molecule has 0 atom stereocenters. The van der Waals surface area contributed by atoms with Crippen molar-refractivity contribution in [3.63, 3.8) is 0 Å². The second-order valence-corrected chi connectivity index (χ2v) is 9.55. The fraction of sp³-hybridized carbons (Fsp3) is 0.167. The number of aromatic nitrogens is 3. The van der Waals surface area contributed by atoms with Crippen LogP contribution in [0, 0.1) is 0 Å². The number of sulfone groups is 1. The Kier molecular flexibility index (Phi) is 4.08. The van der Waals surface area contributed by atoms with Gasteiger partial charge in [0.15, 0.2) is 9.84 Å². The third kappa shape index (κ3) is 2.91. The van der Waals surface area contributed by atoms with E-state index in [1.54, 1.807) is 48.9 Å². The summed E-state index contributed by atoms with van der Waals surface area (Å²) in [6, 6.07) is 10.8. The predicted molar refractivity (Wildman–Crippen MR) is 105 cm³/mol. The summed E-state index contributed by atoms with van der Waals surface area (Å²) >= 11 is 1.58. The van der Waals surface area contributed by atoms with Gasteiger partial charge in [0.05, 0.1) is 31.4 Å². The van der Waals surface area contributed by atoms with Crippen molar-refractivity contribution in [3.8, 4) is 0 Å². The van der Waals surface area contributed by atoms with E-state index in [2.05, 4.69) is 20.3 Å². The van der Waals surface area contributed by atoms with Crippen molar-refractivity contribution in [2.75, 3.05) is 5.32 Å². The molecule has 4 aromatic rings. The van der Waals surface area contributed by atoms with E-state index in [4.69, 9.17) is 0 Å². The molecular formula is C18H16N4O2S2. The standard InChI is InChI=1S/C18H16N4O2S2/c1-11(2)26(23,24)13-4-5-15-14(8-13)18(20-9-19-15)22-12-3-6-17-16(7-12)21-10-25-17/h3-11H,1-2H3,(H,19,20,22). The SMILES string of the molecule is CC(C)S(=O)(=O)c1ccc2ncnc(Nc3ccc4scnc4c3)c2c1. The highest BCUT2D eigenvalue weighted by Gasteiger charge is 2.20. The number of thiazole rings is 1. The average molecular weight is 384 g/mol. The average Bonchev–Trinajstić information content (AvgIpc) is 3.09. The third-order valence-corrected chi connectivity index (χ3v) is 7.11. The van der Waals surface area contributed by atoms with Crippen LogP contribution < -0.4 is 5.32 Å². The number of nitrogens with one attached hydrogen (secondary N) is 1. The summed E-state index contributed by atoms with van der Waals surface area (Å²) < 4.78 is 26.1. The molecule has 0 fully saturated rings. The van der Waals surface area contributed by atoms with Gasteiger partial charge in [0.1, 0.15) is 12.1 Å². The lowest BCUT2D eigenvalue weighted by atomic mass is 10.2. The van der Waals surface area contributed by atoms with E-state index in [0.717, 1.165) is 15.9 Å². The summed E-state index contributed by atoms with van der Waals surface area (Å²) in [7, 11) is -3.37. The number of nitrogens with zero attached hydrogens (tertiary/aromatic N) is 3. The van der Waals surface area contributed by atoms with Crippen molar-refractivity contribution in [1.82, 2.24) is 15.0 Å². The lowest BCUT2D eigenvalue weighted by Crippen LogP contribution is -2.14. The molecule has 0 amide bonds. The number of fused-ring (bicyclic) bond motifs is 2. The highest BCUT2D eigenvalue weighted by molar-refractivity contribution is 7.92. The Bertz CT molecular complexity index is 1220. The molecule has 0 spiro atoms. The fourth-order valence-electron chi connectivity index (χ4n) is 2.66. The molecule has 0 bridgehead atoms. The Balaban J connectivity index is 1.81. The van der Waals surface area contributed by atoms with Crippen molar-refractivity contribution < 1.29 is 8.42 Å². The predicted octanol–water partition coefficient (Wildman–Crippen LogP) is 4.17. The summed E-state index contributed by atoms with van der Waals surface area (Å²) in [5.74, 6) is 0.561. The molecule has 0 unspecified atom stereocenters. The Morgan fingerprint density at radius 2 is 1.85 bits per heavy atom. The van der Waals surface area contributed by atoms with Crippen LogP contribution in [-0.4, -0.2) is 28.6 Å². The molecule has 2 heterocycles. The normalized spacial score (nSPS) is 12.1. The van der Waals surface area contributed by atoms with Crippen LogP contribution in [0.2, 0.25) is 0 Å². The Hall–Kier alpha value is -2.58. The number of anilines is 2. The van der Waals surface area contributed by atoms with E-state index in [1.807, 2.05) is 18.2 Å². The largest absolute Gasteiger partial charge is 0.340 e. The molecule has 0 saturated heterocycles. The Morgan fingerprint density at radius 3 is 2.65 bits per heavy atom. The lowest BCUT2D eigenvalue weighted by molar-refractivity contribution is 0.587. The van der Waals surface area contributed by atoms with Crippen LogP contribution in [0.15, 0.2) is 53.1 Å². The fourth-order valence-corrected chi connectivity index (χ4v) is 4.40. The summed E-state index contributed by atoms with van der Waals surface area (Å²) in [5.41, 5.74) is 4.22. The van der Waals surface area contributed by atoms with E-state index in [9.17, 15) is 8.42 Å². The first kappa shape index (κ1) is 16.9. The molecular weight excluding hydrogens is 368 g/mol. The maximum atomic E-state index is 12.5. The minimum absolute atomic E-state index is 0.271. The quantitative estimate of drug-likeness (QED) is 0.568. The highest BCUT2D eigenvalue weighted by atomic mass is 32.2. The van der Waals surface area contributed by atoms with Gasteiger partial charge in [-0.05, 0) is 50.2 Å². The van der Waals surface area contributed by atoms with Crippen molar-refractivity contribution in [1.29, 1.82) is 0 Å². The molecule has 1 N–H and O–H groups in total. The molecule has 4 rings (SSSR count). The monoisotopic (exact) mass is 384 g/mol. The summed E-state index contributed by atoms with van der Waals surface area (Å²) in [6.07, 6.45) is 1.46. The van der Waals surface area contributed by atoms with Gasteiger partial charge >= 0.3 is 0 Å². The first-order valence-corrected chi connectivity index (χ1v) is 10.5. The van der Waals surface area contributed by atoms with Gasteiger partial charge in [0.2, 0.25) is 0 Å². The van der Waals surface area contributed by atoms with Crippen LogP contribution in [0.25, 0.3) is 21.1 Å².